The number of amides is 2. The van der Waals surface area contributed by atoms with E-state index in [1.54, 1.807) is 32.4 Å². The van der Waals surface area contributed by atoms with Crippen LogP contribution in [0, 0.1) is 30.6 Å². The first-order valence-electron chi connectivity index (χ1n) is 19.9. The number of rotatable bonds is 8. The lowest BCUT2D eigenvalue weighted by atomic mass is 9.44. The van der Waals surface area contributed by atoms with Gasteiger partial charge < -0.3 is 14.6 Å². The van der Waals surface area contributed by atoms with E-state index in [0.29, 0.717) is 40.3 Å². The van der Waals surface area contributed by atoms with Crippen molar-refractivity contribution < 1.29 is 33.8 Å². The molecule has 1 N–H and O–H groups in total. The molecule has 0 aromatic heterocycles. The number of fused-ring (bicyclic) bond motifs is 4. The van der Waals surface area contributed by atoms with Gasteiger partial charge >= 0.3 is 0 Å². The van der Waals surface area contributed by atoms with Crippen LogP contribution in [0.25, 0.3) is 17.7 Å². The fourth-order valence-electron chi connectivity index (χ4n) is 10.3. The van der Waals surface area contributed by atoms with E-state index >= 15 is 9.59 Å². The minimum absolute atomic E-state index is 0.121. The van der Waals surface area contributed by atoms with Crippen LogP contribution in [0.15, 0.2) is 139 Å². The van der Waals surface area contributed by atoms with Crippen molar-refractivity contribution in [2.75, 3.05) is 19.1 Å². The maximum Gasteiger partial charge on any atom is 0.238 e. The van der Waals surface area contributed by atoms with Gasteiger partial charge in [-0.1, -0.05) is 109 Å². The Hall–Kier alpha value is -6.80. The number of methoxy groups -OCH3 is 2. The van der Waals surface area contributed by atoms with Crippen LogP contribution in [-0.4, -0.2) is 42.7 Å². The molecule has 59 heavy (non-hydrogen) atoms. The summed E-state index contributed by atoms with van der Waals surface area (Å²) in [6.45, 7) is 1.81. The van der Waals surface area contributed by atoms with Gasteiger partial charge in [0.1, 0.15) is 17.2 Å². The first kappa shape index (κ1) is 37.8. The highest BCUT2D eigenvalue weighted by Gasteiger charge is 2.66. The highest BCUT2D eigenvalue weighted by Crippen LogP contribution is 2.64. The number of anilines is 1. The van der Waals surface area contributed by atoms with Crippen molar-refractivity contribution in [1.29, 1.82) is 0 Å². The molecule has 1 saturated heterocycles. The molecule has 1 saturated carbocycles. The molecule has 294 valence electrons. The van der Waals surface area contributed by atoms with Crippen molar-refractivity contribution in [2.45, 2.75) is 31.1 Å². The molecule has 6 atom stereocenters. The van der Waals surface area contributed by atoms with Crippen molar-refractivity contribution in [3.8, 4) is 17.2 Å². The van der Waals surface area contributed by atoms with E-state index in [9.17, 15) is 14.7 Å². The van der Waals surface area contributed by atoms with Gasteiger partial charge in [-0.05, 0) is 96.0 Å². The first-order chi connectivity index (χ1) is 28.6. The Kier molecular flexibility index (Phi) is 9.51. The largest absolute Gasteiger partial charge is 0.508 e. The second-order valence-electron chi connectivity index (χ2n) is 15.9. The van der Waals surface area contributed by atoms with Crippen LogP contribution in [0.3, 0.4) is 0 Å². The zero-order valence-corrected chi connectivity index (χ0v) is 33.0. The smallest absolute Gasteiger partial charge is 0.238 e. The maximum atomic E-state index is 15.2. The van der Waals surface area contributed by atoms with E-state index in [0.717, 1.165) is 27.8 Å². The molecule has 0 radical (unpaired) electrons. The van der Waals surface area contributed by atoms with Gasteiger partial charge in [0, 0.05) is 23.0 Å². The van der Waals surface area contributed by atoms with E-state index < -0.39 is 35.0 Å². The molecule has 5 aromatic carbocycles. The fourth-order valence-corrected chi connectivity index (χ4v) is 10.3. The second-order valence-corrected chi connectivity index (χ2v) is 15.9. The zero-order valence-electron chi connectivity index (χ0n) is 33.0. The van der Waals surface area contributed by atoms with Crippen LogP contribution in [0.5, 0.6) is 17.2 Å². The summed E-state index contributed by atoms with van der Waals surface area (Å²) in [6, 6.07) is 37.0. The number of aryl methyl sites for hydroxylation is 1. The topological polar surface area (TPSA) is 110 Å². The highest BCUT2D eigenvalue weighted by molar-refractivity contribution is 6.32. The molecular weight excluding hydrogens is 739 g/mol. The number of hydrogen-bond acceptors (Lipinski definition) is 7. The summed E-state index contributed by atoms with van der Waals surface area (Å²) < 4.78 is 10.9. The number of nitrogens with zero attached hydrogens (tertiary/aromatic N) is 1. The number of hydrogen-bond donors (Lipinski definition) is 1. The third kappa shape index (κ3) is 6.04. The minimum Gasteiger partial charge on any atom is -0.508 e. The van der Waals surface area contributed by atoms with Gasteiger partial charge in [0.2, 0.25) is 11.8 Å². The molecule has 1 aliphatic heterocycles. The van der Waals surface area contributed by atoms with Crippen molar-refractivity contribution in [3.63, 3.8) is 0 Å². The van der Waals surface area contributed by atoms with Crippen LogP contribution in [0.2, 0.25) is 0 Å². The van der Waals surface area contributed by atoms with E-state index in [2.05, 4.69) is 6.08 Å². The SMILES string of the molecule is COc1ccc(OC)c(C=Cc2ccc(N3C(=O)[C@H]4[C@H](CC=C5[C@H]4C[C@H]4C(=O)C(c6ccccc6)=CC(=O)[C@@]4(c4ccccc4)[C@H]5c4ccc(O)c(C)c4)C3=O)cc2)c1. The van der Waals surface area contributed by atoms with Gasteiger partial charge in [-0.2, -0.15) is 0 Å². The molecule has 1 heterocycles. The summed E-state index contributed by atoms with van der Waals surface area (Å²) in [4.78, 5) is 61.0. The monoisotopic (exact) mass is 781 g/mol. The number of carbonyl (C=O) groups excluding carboxylic acids is 4. The number of phenolic OH excluding ortho intramolecular Hbond substituents is 1. The molecule has 2 amide bonds. The van der Waals surface area contributed by atoms with E-state index in [1.165, 1.54) is 11.0 Å². The number of allylic oxidation sites excluding steroid dienone is 4. The maximum absolute atomic E-state index is 15.2. The third-order valence-corrected chi connectivity index (χ3v) is 13.0. The quantitative estimate of drug-likeness (QED) is 0.0952. The van der Waals surface area contributed by atoms with Crippen molar-refractivity contribution >= 4 is 46.8 Å². The first-order valence-corrected chi connectivity index (χ1v) is 19.9. The van der Waals surface area contributed by atoms with Crippen molar-refractivity contribution in [1.82, 2.24) is 0 Å². The number of aromatic hydroxyl groups is 1. The number of carbonyl (C=O) groups is 4. The molecule has 5 aromatic rings. The molecule has 2 fully saturated rings. The molecular formula is C51H43NO7. The minimum atomic E-state index is -1.33. The Bertz CT molecular complexity index is 2610. The number of Topliss-reactive ketones (excluding diaryl/α,β-unsaturated/α-hetero) is 1. The Labute approximate surface area is 343 Å². The van der Waals surface area contributed by atoms with E-state index in [-0.39, 0.29) is 35.6 Å². The molecule has 9 rings (SSSR count). The van der Waals surface area contributed by atoms with E-state index in [4.69, 9.17) is 9.47 Å². The number of phenols is 1. The van der Waals surface area contributed by atoms with Gasteiger partial charge in [-0.25, -0.2) is 0 Å². The summed E-state index contributed by atoms with van der Waals surface area (Å²) in [5.74, 6) is -2.75. The van der Waals surface area contributed by atoms with Gasteiger partial charge in [0.05, 0.1) is 37.2 Å². The third-order valence-electron chi connectivity index (χ3n) is 13.0. The molecule has 8 heteroatoms. The van der Waals surface area contributed by atoms with Crippen LogP contribution >= 0.6 is 0 Å². The van der Waals surface area contributed by atoms with Crippen molar-refractivity contribution in [3.05, 3.63) is 172 Å². The Morgan fingerprint density at radius 2 is 1.49 bits per heavy atom. The standard InChI is InChI=1S/C51H43NO7/c1-30-26-34(18-24-43(30)53)47-38-22-23-39-46(50(57)52(49(39)56)36-19-15-31(16-20-36)14-17-33-27-37(58-2)21-25-44(33)59-3)41(38)28-42-48(55)40(32-10-6-4-7-11-32)29-45(54)51(42,47)35-12-8-5-9-13-35/h4-22,24-27,29,39,41-42,46-47,53H,23,28H2,1-3H3/t39-,41+,42-,46-,47-,51-/m0/s1. The lowest BCUT2D eigenvalue weighted by Crippen LogP contribution is -2.58. The Morgan fingerprint density at radius 3 is 2.19 bits per heavy atom. The summed E-state index contributed by atoms with van der Waals surface area (Å²) in [7, 11) is 3.22. The van der Waals surface area contributed by atoms with Crippen LogP contribution in [0.4, 0.5) is 5.69 Å². The summed E-state index contributed by atoms with van der Waals surface area (Å²) in [5, 5.41) is 10.7. The second kappa shape index (κ2) is 14.9. The Balaban J connectivity index is 1.12. The zero-order chi connectivity index (χ0) is 41.0. The molecule has 4 aliphatic rings. The van der Waals surface area contributed by atoms with Gasteiger partial charge in [0.25, 0.3) is 0 Å². The number of benzene rings is 5. The predicted octanol–water partition coefficient (Wildman–Crippen LogP) is 8.92. The molecule has 3 aliphatic carbocycles. The normalized spacial score (nSPS) is 24.9. The number of ether oxygens (including phenoxy) is 2. The van der Waals surface area contributed by atoms with Crippen LogP contribution < -0.4 is 14.4 Å². The lowest BCUT2D eigenvalue weighted by Gasteiger charge is -2.55. The average molecular weight is 782 g/mol. The molecule has 0 unspecified atom stereocenters. The van der Waals surface area contributed by atoms with Crippen LogP contribution in [-0.2, 0) is 24.6 Å². The van der Waals surface area contributed by atoms with Gasteiger partial charge in [-0.15, -0.1) is 0 Å². The summed E-state index contributed by atoms with van der Waals surface area (Å²) >= 11 is 0. The Morgan fingerprint density at radius 1 is 0.763 bits per heavy atom. The molecule has 0 spiro atoms. The van der Waals surface area contributed by atoms with Crippen LogP contribution in [0.1, 0.15) is 52.1 Å². The highest BCUT2D eigenvalue weighted by atomic mass is 16.5. The lowest BCUT2D eigenvalue weighted by molar-refractivity contribution is -0.135. The molecule has 8 nitrogen and oxygen atoms in total. The van der Waals surface area contributed by atoms with Gasteiger partial charge in [0.15, 0.2) is 11.6 Å². The van der Waals surface area contributed by atoms with Gasteiger partial charge in [-0.3, -0.25) is 24.1 Å². The molecule has 0 bridgehead atoms. The average Bonchev–Trinajstić information content (AvgIpc) is 3.53. The summed E-state index contributed by atoms with van der Waals surface area (Å²) in [5.41, 5.74) is 4.85. The predicted molar refractivity (Wildman–Crippen MR) is 227 cm³/mol. The number of ketones is 2. The summed E-state index contributed by atoms with van der Waals surface area (Å²) in [6.07, 6.45) is 7.96. The van der Waals surface area contributed by atoms with E-state index in [1.807, 2.05) is 122 Å². The van der Waals surface area contributed by atoms with Crippen molar-refractivity contribution in [2.24, 2.45) is 23.7 Å². The number of imide groups is 1. The fraction of sp³-hybridized carbons (Fsp3) is 0.216.